The molecule has 0 spiro atoms. The fourth-order valence-electron chi connectivity index (χ4n) is 1.28. The summed E-state index contributed by atoms with van der Waals surface area (Å²) in [4.78, 5) is 10.9. The molecule has 0 amide bonds. The van der Waals surface area contributed by atoms with Crippen LogP contribution in [-0.4, -0.2) is 17.1 Å². The molecule has 1 unspecified atom stereocenters. The fraction of sp³-hybridized carbons (Fsp3) is 0.364. The van der Waals surface area contributed by atoms with E-state index in [1.165, 1.54) is 18.2 Å². The maximum Gasteiger partial charge on any atom is 0.326 e. The summed E-state index contributed by atoms with van der Waals surface area (Å²) in [6.07, 6.45) is 0. The second-order valence-electron chi connectivity index (χ2n) is 3.83. The number of aliphatic carboxylic acids is 1. The molecule has 0 aliphatic heterocycles. The van der Waals surface area contributed by atoms with Gasteiger partial charge in [0.1, 0.15) is 11.9 Å². The van der Waals surface area contributed by atoms with E-state index in [1.54, 1.807) is 0 Å². The van der Waals surface area contributed by atoms with Crippen LogP contribution >= 0.6 is 15.9 Å². The fourth-order valence-corrected chi connectivity index (χ4v) is 1.66. The molecule has 0 aromatic heterocycles. The van der Waals surface area contributed by atoms with Crippen LogP contribution in [0.5, 0.6) is 0 Å². The summed E-state index contributed by atoms with van der Waals surface area (Å²) < 4.78 is 13.3. The van der Waals surface area contributed by atoms with Crippen LogP contribution in [0, 0.1) is 11.7 Å². The summed E-state index contributed by atoms with van der Waals surface area (Å²) in [5.41, 5.74) is 0.578. The highest BCUT2D eigenvalue weighted by atomic mass is 79.9. The van der Waals surface area contributed by atoms with Crippen LogP contribution in [0.25, 0.3) is 0 Å². The van der Waals surface area contributed by atoms with Gasteiger partial charge < -0.3 is 10.4 Å². The molecule has 5 heteroatoms. The lowest BCUT2D eigenvalue weighted by molar-refractivity contribution is -0.138. The molecule has 1 atom stereocenters. The van der Waals surface area contributed by atoms with E-state index < -0.39 is 12.0 Å². The van der Waals surface area contributed by atoms with Gasteiger partial charge in [-0.25, -0.2) is 9.18 Å². The van der Waals surface area contributed by atoms with Gasteiger partial charge in [-0.2, -0.15) is 0 Å². The number of hydrogen-bond donors (Lipinski definition) is 2. The van der Waals surface area contributed by atoms with E-state index in [9.17, 15) is 9.18 Å². The number of rotatable bonds is 4. The number of nitrogens with one attached hydrogen (secondary N) is 1. The molecule has 0 saturated carbocycles. The molecule has 0 fully saturated rings. The Bertz CT molecular complexity index is 396. The highest BCUT2D eigenvalue weighted by molar-refractivity contribution is 9.10. The van der Waals surface area contributed by atoms with Gasteiger partial charge in [-0.05, 0) is 40.0 Å². The SMILES string of the molecule is CC(C)C(Nc1ccc(F)c(Br)c1)C(=O)O. The van der Waals surface area contributed by atoms with Gasteiger partial charge in [-0.3, -0.25) is 0 Å². The highest BCUT2D eigenvalue weighted by Gasteiger charge is 2.21. The molecule has 3 nitrogen and oxygen atoms in total. The first-order valence-corrected chi connectivity index (χ1v) is 5.65. The molecular weight excluding hydrogens is 277 g/mol. The zero-order valence-electron chi connectivity index (χ0n) is 9.00. The van der Waals surface area contributed by atoms with Crippen LogP contribution in [-0.2, 0) is 4.79 Å². The van der Waals surface area contributed by atoms with Crippen molar-refractivity contribution in [3.63, 3.8) is 0 Å². The van der Waals surface area contributed by atoms with Gasteiger partial charge in [-0.1, -0.05) is 13.8 Å². The largest absolute Gasteiger partial charge is 0.480 e. The van der Waals surface area contributed by atoms with Gasteiger partial charge >= 0.3 is 5.97 Å². The standard InChI is InChI=1S/C11H13BrFNO2/c1-6(2)10(11(15)16)14-7-3-4-9(13)8(12)5-7/h3-6,10,14H,1-2H3,(H,15,16). The van der Waals surface area contributed by atoms with E-state index in [4.69, 9.17) is 5.11 Å². The van der Waals surface area contributed by atoms with Crippen molar-refractivity contribution >= 4 is 27.6 Å². The normalized spacial score (nSPS) is 12.6. The molecule has 88 valence electrons. The zero-order chi connectivity index (χ0) is 12.3. The van der Waals surface area contributed by atoms with E-state index >= 15 is 0 Å². The van der Waals surface area contributed by atoms with Crippen LogP contribution < -0.4 is 5.32 Å². The first kappa shape index (κ1) is 13.0. The first-order chi connectivity index (χ1) is 7.41. The maximum absolute atomic E-state index is 13.0. The second-order valence-corrected chi connectivity index (χ2v) is 4.69. The van der Waals surface area contributed by atoms with Gasteiger partial charge in [0.05, 0.1) is 4.47 Å². The third-order valence-electron chi connectivity index (χ3n) is 2.17. The highest BCUT2D eigenvalue weighted by Crippen LogP contribution is 2.21. The van der Waals surface area contributed by atoms with Crippen molar-refractivity contribution in [2.45, 2.75) is 19.9 Å². The zero-order valence-corrected chi connectivity index (χ0v) is 10.6. The minimum atomic E-state index is -0.921. The predicted molar refractivity (Wildman–Crippen MR) is 64.0 cm³/mol. The van der Waals surface area contributed by atoms with Crippen molar-refractivity contribution < 1.29 is 14.3 Å². The Morgan fingerprint density at radius 1 is 1.50 bits per heavy atom. The van der Waals surface area contributed by atoms with E-state index in [1.807, 2.05) is 13.8 Å². The monoisotopic (exact) mass is 289 g/mol. The summed E-state index contributed by atoms with van der Waals surface area (Å²) in [5.74, 6) is -1.35. The van der Waals surface area contributed by atoms with E-state index in [0.717, 1.165) is 0 Å². The van der Waals surface area contributed by atoms with Crippen LogP contribution in [0.2, 0.25) is 0 Å². The van der Waals surface area contributed by atoms with Gasteiger partial charge in [0.25, 0.3) is 0 Å². The number of carbonyl (C=O) groups is 1. The minimum Gasteiger partial charge on any atom is -0.480 e. The average Bonchev–Trinajstić information content (AvgIpc) is 2.18. The minimum absolute atomic E-state index is 0.0543. The summed E-state index contributed by atoms with van der Waals surface area (Å²) in [6.45, 7) is 3.62. The Balaban J connectivity index is 2.86. The molecule has 0 bridgehead atoms. The molecule has 0 radical (unpaired) electrons. The lowest BCUT2D eigenvalue weighted by atomic mass is 10.0. The molecular formula is C11H13BrFNO2. The quantitative estimate of drug-likeness (QED) is 0.895. The molecule has 1 rings (SSSR count). The van der Waals surface area contributed by atoms with Crippen molar-refractivity contribution in [1.82, 2.24) is 0 Å². The van der Waals surface area contributed by atoms with Crippen molar-refractivity contribution in [3.8, 4) is 0 Å². The molecule has 1 aromatic carbocycles. The van der Waals surface area contributed by atoms with Crippen molar-refractivity contribution in [3.05, 3.63) is 28.5 Å². The topological polar surface area (TPSA) is 49.3 Å². The van der Waals surface area contributed by atoms with Gasteiger partial charge in [-0.15, -0.1) is 0 Å². The lowest BCUT2D eigenvalue weighted by Gasteiger charge is -2.19. The Kier molecular flexibility index (Phi) is 4.29. The number of halogens is 2. The number of anilines is 1. The van der Waals surface area contributed by atoms with E-state index in [2.05, 4.69) is 21.2 Å². The van der Waals surface area contributed by atoms with Crippen LogP contribution in [0.15, 0.2) is 22.7 Å². The Labute approximate surface area is 102 Å². The van der Waals surface area contributed by atoms with Crippen LogP contribution in [0.1, 0.15) is 13.8 Å². The predicted octanol–water partition coefficient (Wildman–Crippen LogP) is 3.11. The first-order valence-electron chi connectivity index (χ1n) is 4.86. The molecule has 0 heterocycles. The molecule has 2 N–H and O–H groups in total. The van der Waals surface area contributed by atoms with E-state index in [0.29, 0.717) is 10.2 Å². The van der Waals surface area contributed by atoms with Crippen LogP contribution in [0.4, 0.5) is 10.1 Å². The third-order valence-corrected chi connectivity index (χ3v) is 2.78. The van der Waals surface area contributed by atoms with Crippen molar-refractivity contribution in [2.75, 3.05) is 5.32 Å². The number of hydrogen-bond acceptors (Lipinski definition) is 2. The Morgan fingerprint density at radius 3 is 2.56 bits per heavy atom. The molecule has 0 aliphatic carbocycles. The molecule has 1 aromatic rings. The van der Waals surface area contributed by atoms with E-state index in [-0.39, 0.29) is 11.7 Å². The summed E-state index contributed by atoms with van der Waals surface area (Å²) >= 11 is 3.05. The number of carboxylic acids is 1. The molecule has 16 heavy (non-hydrogen) atoms. The van der Waals surface area contributed by atoms with Crippen molar-refractivity contribution in [2.24, 2.45) is 5.92 Å². The third kappa shape index (κ3) is 3.20. The number of benzene rings is 1. The van der Waals surface area contributed by atoms with Gasteiger partial charge in [0.15, 0.2) is 0 Å². The second kappa shape index (κ2) is 5.30. The van der Waals surface area contributed by atoms with Gasteiger partial charge in [0.2, 0.25) is 0 Å². The lowest BCUT2D eigenvalue weighted by Crippen LogP contribution is -2.34. The molecule has 0 saturated heterocycles. The summed E-state index contributed by atoms with van der Waals surface area (Å²) in [7, 11) is 0. The maximum atomic E-state index is 13.0. The van der Waals surface area contributed by atoms with Crippen LogP contribution in [0.3, 0.4) is 0 Å². The summed E-state index contributed by atoms with van der Waals surface area (Å²) in [5, 5.41) is 11.8. The number of carboxylic acid groups (broad SMARTS) is 1. The van der Waals surface area contributed by atoms with Crippen molar-refractivity contribution in [1.29, 1.82) is 0 Å². The summed E-state index contributed by atoms with van der Waals surface area (Å²) in [6, 6.07) is 3.63. The Hall–Kier alpha value is -1.10. The van der Waals surface area contributed by atoms with Gasteiger partial charge in [0, 0.05) is 5.69 Å². The molecule has 0 aliphatic rings. The smallest absolute Gasteiger partial charge is 0.326 e. The average molecular weight is 290 g/mol. The Morgan fingerprint density at radius 2 is 2.12 bits per heavy atom.